The Morgan fingerprint density at radius 3 is 2.29 bits per heavy atom. The average molecular weight is 334 g/mol. The minimum atomic E-state index is -3.78. The number of halogens is 1. The van der Waals surface area contributed by atoms with E-state index in [1.165, 1.54) is 50.6 Å². The number of benzene rings is 1. The molecule has 0 radical (unpaired) electrons. The van der Waals surface area contributed by atoms with E-state index in [4.69, 9.17) is 16.7 Å². The van der Waals surface area contributed by atoms with Crippen molar-refractivity contribution in [1.29, 1.82) is 0 Å². The molecular formula is C14H20ClNO4S. The van der Waals surface area contributed by atoms with Crippen LogP contribution < -0.4 is 5.32 Å². The standard InChI is InChI=1S/C9H9ClO4S.C5H11N/c1-6-2-3-7(4-8(6)10)15(13,14)5-9(11)12;1-2-4-6-5-3-1/h2-4H,5H2,1H3,(H,11,12);6H,1-5H2. The van der Waals surface area contributed by atoms with E-state index in [9.17, 15) is 13.2 Å². The smallest absolute Gasteiger partial charge is 0.319 e. The van der Waals surface area contributed by atoms with Crippen LogP contribution in [0.2, 0.25) is 5.02 Å². The molecule has 0 aromatic heterocycles. The first kappa shape index (κ1) is 17.9. The third kappa shape index (κ3) is 6.46. The molecule has 1 aromatic carbocycles. The maximum atomic E-state index is 11.5. The first-order valence-electron chi connectivity index (χ1n) is 6.74. The third-order valence-electron chi connectivity index (χ3n) is 3.02. The molecule has 118 valence electrons. The van der Waals surface area contributed by atoms with Crippen molar-refractivity contribution in [2.24, 2.45) is 0 Å². The van der Waals surface area contributed by atoms with Gasteiger partial charge in [-0.25, -0.2) is 8.42 Å². The Balaban J connectivity index is 0.000000304. The topological polar surface area (TPSA) is 83.5 Å². The molecule has 7 heteroatoms. The molecule has 2 N–H and O–H groups in total. The minimum Gasteiger partial charge on any atom is -0.480 e. The largest absolute Gasteiger partial charge is 0.480 e. The summed E-state index contributed by atoms with van der Waals surface area (Å²) in [6, 6.07) is 4.14. The molecule has 1 fully saturated rings. The number of nitrogens with one attached hydrogen (secondary N) is 1. The lowest BCUT2D eigenvalue weighted by atomic mass is 10.2. The predicted molar refractivity (Wildman–Crippen MR) is 82.6 cm³/mol. The van der Waals surface area contributed by atoms with Crippen molar-refractivity contribution in [3.05, 3.63) is 28.8 Å². The van der Waals surface area contributed by atoms with Gasteiger partial charge in [-0.15, -0.1) is 0 Å². The summed E-state index contributed by atoms with van der Waals surface area (Å²) in [4.78, 5) is 10.3. The number of carboxylic acids is 1. The number of rotatable bonds is 3. The lowest BCUT2D eigenvalue weighted by molar-refractivity contribution is -0.134. The maximum Gasteiger partial charge on any atom is 0.319 e. The zero-order chi connectivity index (χ0) is 15.9. The second kappa shape index (κ2) is 8.36. The van der Waals surface area contributed by atoms with Gasteiger partial charge in [-0.1, -0.05) is 24.1 Å². The molecule has 0 unspecified atom stereocenters. The van der Waals surface area contributed by atoms with Crippen LogP contribution in [0.25, 0.3) is 0 Å². The van der Waals surface area contributed by atoms with Crippen molar-refractivity contribution in [1.82, 2.24) is 5.32 Å². The molecule has 1 aromatic rings. The van der Waals surface area contributed by atoms with Gasteiger partial charge in [0.25, 0.3) is 0 Å². The SMILES string of the molecule is C1CCNCC1.Cc1ccc(S(=O)(=O)CC(=O)O)cc1Cl. The summed E-state index contributed by atoms with van der Waals surface area (Å²) in [6.07, 6.45) is 4.22. The highest BCUT2D eigenvalue weighted by atomic mass is 35.5. The molecular weight excluding hydrogens is 314 g/mol. The molecule has 0 saturated carbocycles. The van der Waals surface area contributed by atoms with Gasteiger partial charge in [0.2, 0.25) is 0 Å². The number of hydrogen-bond donors (Lipinski definition) is 2. The van der Waals surface area contributed by atoms with E-state index < -0.39 is 21.6 Å². The highest BCUT2D eigenvalue weighted by Crippen LogP contribution is 2.20. The fourth-order valence-corrected chi connectivity index (χ4v) is 3.12. The van der Waals surface area contributed by atoms with Crippen LogP contribution in [0.15, 0.2) is 23.1 Å². The van der Waals surface area contributed by atoms with Gasteiger partial charge in [0, 0.05) is 5.02 Å². The second-order valence-electron chi connectivity index (χ2n) is 4.87. The van der Waals surface area contributed by atoms with Gasteiger partial charge in [0.05, 0.1) is 4.90 Å². The Morgan fingerprint density at radius 2 is 1.90 bits per heavy atom. The molecule has 0 bridgehead atoms. The summed E-state index contributed by atoms with van der Waals surface area (Å²) < 4.78 is 22.9. The van der Waals surface area contributed by atoms with Crippen LogP contribution in [-0.4, -0.2) is 38.3 Å². The molecule has 1 aliphatic rings. The first-order chi connectivity index (χ1) is 9.83. The average Bonchev–Trinajstić information content (AvgIpc) is 2.43. The van der Waals surface area contributed by atoms with Crippen LogP contribution in [0, 0.1) is 6.92 Å². The Kier molecular flexibility index (Phi) is 7.14. The molecule has 0 atom stereocenters. The Morgan fingerprint density at radius 1 is 1.29 bits per heavy atom. The predicted octanol–water partition coefficient (Wildman–Crippen LogP) is 2.27. The Bertz CT molecular complexity index is 571. The van der Waals surface area contributed by atoms with Crippen molar-refractivity contribution in [3.8, 4) is 0 Å². The normalized spacial score (nSPS) is 15.0. The van der Waals surface area contributed by atoms with Crippen molar-refractivity contribution < 1.29 is 18.3 Å². The minimum absolute atomic E-state index is 0.0690. The monoisotopic (exact) mass is 333 g/mol. The fourth-order valence-electron chi connectivity index (χ4n) is 1.81. The quantitative estimate of drug-likeness (QED) is 0.886. The molecule has 1 heterocycles. The number of carbonyl (C=O) groups is 1. The molecule has 0 spiro atoms. The van der Waals surface area contributed by atoms with E-state index in [0.29, 0.717) is 5.02 Å². The molecule has 1 aliphatic heterocycles. The molecule has 5 nitrogen and oxygen atoms in total. The van der Waals surface area contributed by atoms with Crippen LogP contribution in [0.4, 0.5) is 0 Å². The molecule has 1 saturated heterocycles. The number of aliphatic carboxylic acids is 1. The van der Waals surface area contributed by atoms with Crippen LogP contribution in [0.5, 0.6) is 0 Å². The van der Waals surface area contributed by atoms with E-state index in [1.807, 2.05) is 0 Å². The Labute approximate surface area is 130 Å². The van der Waals surface area contributed by atoms with E-state index in [1.54, 1.807) is 6.92 Å². The number of hydrogen-bond acceptors (Lipinski definition) is 4. The summed E-state index contributed by atoms with van der Waals surface area (Å²) in [5.74, 6) is -2.31. The van der Waals surface area contributed by atoms with Gasteiger partial charge in [-0.3, -0.25) is 4.79 Å². The van der Waals surface area contributed by atoms with Crippen LogP contribution in [-0.2, 0) is 14.6 Å². The number of aryl methyl sites for hydroxylation is 1. The number of carboxylic acid groups (broad SMARTS) is 1. The molecule has 0 aliphatic carbocycles. The zero-order valence-electron chi connectivity index (χ0n) is 11.9. The number of sulfone groups is 1. The van der Waals surface area contributed by atoms with E-state index in [0.717, 1.165) is 5.56 Å². The third-order valence-corrected chi connectivity index (χ3v) is 5.03. The maximum absolute atomic E-state index is 11.5. The molecule has 0 amide bonds. The summed E-state index contributed by atoms with van der Waals surface area (Å²) >= 11 is 5.74. The lowest BCUT2D eigenvalue weighted by Gasteiger charge is -2.08. The van der Waals surface area contributed by atoms with Crippen LogP contribution in [0.1, 0.15) is 24.8 Å². The molecule has 2 rings (SSSR count). The summed E-state index contributed by atoms with van der Waals surface area (Å²) in [6.45, 7) is 4.23. The van der Waals surface area contributed by atoms with Gasteiger partial charge in [-0.05, 0) is 50.6 Å². The van der Waals surface area contributed by atoms with E-state index in [-0.39, 0.29) is 4.90 Å². The van der Waals surface area contributed by atoms with Crippen molar-refractivity contribution in [3.63, 3.8) is 0 Å². The molecule has 21 heavy (non-hydrogen) atoms. The summed E-state index contributed by atoms with van der Waals surface area (Å²) in [5, 5.41) is 12.0. The summed E-state index contributed by atoms with van der Waals surface area (Å²) in [7, 11) is -3.78. The second-order valence-corrected chi connectivity index (χ2v) is 7.27. The van der Waals surface area contributed by atoms with Crippen molar-refractivity contribution >= 4 is 27.4 Å². The van der Waals surface area contributed by atoms with Gasteiger partial charge in [0.1, 0.15) is 0 Å². The highest BCUT2D eigenvalue weighted by Gasteiger charge is 2.19. The summed E-state index contributed by atoms with van der Waals surface area (Å²) in [5.41, 5.74) is 0.742. The van der Waals surface area contributed by atoms with Crippen LogP contribution >= 0.6 is 11.6 Å². The van der Waals surface area contributed by atoms with Gasteiger partial charge in [-0.2, -0.15) is 0 Å². The fraction of sp³-hybridized carbons (Fsp3) is 0.500. The highest BCUT2D eigenvalue weighted by molar-refractivity contribution is 7.92. The lowest BCUT2D eigenvalue weighted by Crippen LogP contribution is -2.21. The van der Waals surface area contributed by atoms with Gasteiger partial charge >= 0.3 is 5.97 Å². The Hall–Kier alpha value is -1.11. The van der Waals surface area contributed by atoms with E-state index in [2.05, 4.69) is 5.32 Å². The first-order valence-corrected chi connectivity index (χ1v) is 8.77. The van der Waals surface area contributed by atoms with Gasteiger partial charge < -0.3 is 10.4 Å². The van der Waals surface area contributed by atoms with Crippen molar-refractivity contribution in [2.45, 2.75) is 31.1 Å². The van der Waals surface area contributed by atoms with E-state index >= 15 is 0 Å². The zero-order valence-corrected chi connectivity index (χ0v) is 13.5. The van der Waals surface area contributed by atoms with Crippen molar-refractivity contribution in [2.75, 3.05) is 18.8 Å². The van der Waals surface area contributed by atoms with Crippen LogP contribution in [0.3, 0.4) is 0 Å². The van der Waals surface area contributed by atoms with Gasteiger partial charge in [0.15, 0.2) is 15.6 Å². The number of piperidine rings is 1.